The Morgan fingerprint density at radius 1 is 1.21 bits per heavy atom. The number of amides is 1. The molecular formula is C19H21NO4. The first-order chi connectivity index (χ1) is 11.6. The van der Waals surface area contributed by atoms with E-state index in [2.05, 4.69) is 11.4 Å². The highest BCUT2D eigenvalue weighted by Crippen LogP contribution is 2.30. The molecule has 0 unspecified atom stereocenters. The summed E-state index contributed by atoms with van der Waals surface area (Å²) in [4.78, 5) is 12.2. The Kier molecular flexibility index (Phi) is 4.89. The lowest BCUT2D eigenvalue weighted by Gasteiger charge is -2.25. The van der Waals surface area contributed by atoms with E-state index in [0.29, 0.717) is 24.7 Å². The van der Waals surface area contributed by atoms with Crippen molar-refractivity contribution in [2.45, 2.75) is 20.0 Å². The minimum atomic E-state index is -0.638. The third-order valence-corrected chi connectivity index (χ3v) is 3.79. The van der Waals surface area contributed by atoms with Gasteiger partial charge in [0.2, 0.25) is 6.10 Å². The van der Waals surface area contributed by atoms with E-state index < -0.39 is 6.10 Å². The second-order valence-electron chi connectivity index (χ2n) is 5.77. The van der Waals surface area contributed by atoms with Gasteiger partial charge in [0, 0.05) is 0 Å². The number of hydrogen-bond donors (Lipinski definition) is 1. The van der Waals surface area contributed by atoms with Gasteiger partial charge in [-0.2, -0.15) is 0 Å². The van der Waals surface area contributed by atoms with Crippen LogP contribution in [0.2, 0.25) is 0 Å². The predicted octanol–water partition coefficient (Wildman–Crippen LogP) is 2.64. The van der Waals surface area contributed by atoms with Crippen LogP contribution in [0.3, 0.4) is 0 Å². The highest BCUT2D eigenvalue weighted by atomic mass is 16.6. The van der Waals surface area contributed by atoms with Crippen LogP contribution >= 0.6 is 0 Å². The number of benzene rings is 2. The number of rotatable bonds is 5. The zero-order valence-corrected chi connectivity index (χ0v) is 13.9. The Balaban J connectivity index is 1.45. The molecule has 1 amide bonds. The summed E-state index contributed by atoms with van der Waals surface area (Å²) in [6.07, 6.45) is -0.638. The first-order valence-corrected chi connectivity index (χ1v) is 8.00. The Hall–Kier alpha value is -2.69. The van der Waals surface area contributed by atoms with Crippen LogP contribution in [0.5, 0.6) is 17.2 Å². The minimum absolute atomic E-state index is 0.200. The molecule has 0 bridgehead atoms. The van der Waals surface area contributed by atoms with Gasteiger partial charge in [-0.05, 0) is 37.6 Å². The highest BCUT2D eigenvalue weighted by molar-refractivity contribution is 5.81. The zero-order valence-electron chi connectivity index (χ0n) is 13.9. The summed E-state index contributed by atoms with van der Waals surface area (Å²) in [5.41, 5.74) is 2.28. The first kappa shape index (κ1) is 16.2. The maximum Gasteiger partial charge on any atom is 0.264 e. The average Bonchev–Trinajstić information content (AvgIpc) is 2.59. The van der Waals surface area contributed by atoms with Gasteiger partial charge in [-0.1, -0.05) is 29.8 Å². The van der Waals surface area contributed by atoms with Crippen LogP contribution in [-0.4, -0.2) is 31.8 Å². The summed E-state index contributed by atoms with van der Waals surface area (Å²) in [5.74, 6) is 1.89. The first-order valence-electron chi connectivity index (χ1n) is 8.00. The molecule has 5 nitrogen and oxygen atoms in total. The third kappa shape index (κ3) is 3.79. The number of carbonyl (C=O) groups is 1. The molecule has 0 saturated heterocycles. The smallest absolute Gasteiger partial charge is 0.264 e. The van der Waals surface area contributed by atoms with Crippen molar-refractivity contribution in [1.29, 1.82) is 0 Å². The fourth-order valence-corrected chi connectivity index (χ4v) is 2.56. The van der Waals surface area contributed by atoms with E-state index in [-0.39, 0.29) is 12.5 Å². The molecular weight excluding hydrogens is 306 g/mol. The number of nitrogens with one attached hydrogen (secondary N) is 1. The quantitative estimate of drug-likeness (QED) is 0.858. The van der Waals surface area contributed by atoms with Crippen LogP contribution in [0.4, 0.5) is 0 Å². The summed E-state index contributed by atoms with van der Waals surface area (Å²) in [7, 11) is 0. The van der Waals surface area contributed by atoms with Gasteiger partial charge >= 0.3 is 0 Å². The van der Waals surface area contributed by atoms with E-state index in [1.54, 1.807) is 6.07 Å². The Morgan fingerprint density at radius 2 is 2.00 bits per heavy atom. The molecule has 0 saturated carbocycles. The SMILES string of the molecule is Cc1ccc(OCCNC(=O)[C@H]2COc3ccccc3O2)c(C)c1. The van der Waals surface area contributed by atoms with Crippen LogP contribution in [0.25, 0.3) is 0 Å². The highest BCUT2D eigenvalue weighted by Gasteiger charge is 2.26. The molecule has 1 heterocycles. The molecule has 126 valence electrons. The zero-order chi connectivity index (χ0) is 16.9. The summed E-state index contributed by atoms with van der Waals surface area (Å²) >= 11 is 0. The molecule has 1 N–H and O–H groups in total. The van der Waals surface area contributed by atoms with Gasteiger partial charge in [0.15, 0.2) is 11.5 Å². The second kappa shape index (κ2) is 7.25. The lowest BCUT2D eigenvalue weighted by atomic mass is 10.1. The molecule has 1 aliphatic heterocycles. The number of hydrogen-bond acceptors (Lipinski definition) is 4. The van der Waals surface area contributed by atoms with Crippen molar-refractivity contribution in [3.63, 3.8) is 0 Å². The van der Waals surface area contributed by atoms with Crippen molar-refractivity contribution in [1.82, 2.24) is 5.32 Å². The van der Waals surface area contributed by atoms with E-state index in [4.69, 9.17) is 14.2 Å². The molecule has 24 heavy (non-hydrogen) atoms. The summed E-state index contributed by atoms with van der Waals surface area (Å²) in [5, 5.41) is 2.82. The second-order valence-corrected chi connectivity index (χ2v) is 5.77. The van der Waals surface area contributed by atoms with Crippen molar-refractivity contribution in [3.05, 3.63) is 53.6 Å². The molecule has 2 aromatic carbocycles. The van der Waals surface area contributed by atoms with Gasteiger partial charge in [-0.15, -0.1) is 0 Å². The molecule has 0 radical (unpaired) electrons. The van der Waals surface area contributed by atoms with Crippen LogP contribution < -0.4 is 19.5 Å². The van der Waals surface area contributed by atoms with Gasteiger partial charge in [0.1, 0.15) is 19.0 Å². The third-order valence-electron chi connectivity index (χ3n) is 3.79. The largest absolute Gasteiger partial charge is 0.491 e. The van der Waals surface area contributed by atoms with Crippen molar-refractivity contribution in [2.75, 3.05) is 19.8 Å². The monoisotopic (exact) mass is 327 g/mol. The lowest BCUT2D eigenvalue weighted by Crippen LogP contribution is -2.45. The van der Waals surface area contributed by atoms with E-state index in [1.165, 1.54) is 5.56 Å². The Morgan fingerprint density at radius 3 is 2.79 bits per heavy atom. The van der Waals surface area contributed by atoms with Crippen molar-refractivity contribution in [3.8, 4) is 17.2 Å². The van der Waals surface area contributed by atoms with Gasteiger partial charge in [-0.3, -0.25) is 4.79 Å². The summed E-state index contributed by atoms with van der Waals surface area (Å²) < 4.78 is 16.9. The van der Waals surface area contributed by atoms with Gasteiger partial charge in [0.25, 0.3) is 5.91 Å². The van der Waals surface area contributed by atoms with E-state index >= 15 is 0 Å². The van der Waals surface area contributed by atoms with Crippen LogP contribution in [-0.2, 0) is 4.79 Å². The van der Waals surface area contributed by atoms with E-state index in [9.17, 15) is 4.79 Å². The summed E-state index contributed by atoms with van der Waals surface area (Å²) in [6, 6.07) is 13.3. The van der Waals surface area contributed by atoms with Gasteiger partial charge in [-0.25, -0.2) is 0 Å². The Bertz CT molecular complexity index is 729. The molecule has 0 aliphatic carbocycles. The maximum absolute atomic E-state index is 12.2. The van der Waals surface area contributed by atoms with E-state index in [1.807, 2.05) is 44.2 Å². The molecule has 0 fully saturated rings. The van der Waals surface area contributed by atoms with Crippen LogP contribution in [0.1, 0.15) is 11.1 Å². The molecule has 0 spiro atoms. The van der Waals surface area contributed by atoms with Crippen LogP contribution in [0.15, 0.2) is 42.5 Å². The molecule has 1 aliphatic rings. The van der Waals surface area contributed by atoms with Crippen molar-refractivity contribution in [2.24, 2.45) is 0 Å². The number of ether oxygens (including phenoxy) is 3. The molecule has 2 aromatic rings. The van der Waals surface area contributed by atoms with Crippen molar-refractivity contribution >= 4 is 5.91 Å². The lowest BCUT2D eigenvalue weighted by molar-refractivity contribution is -0.130. The van der Waals surface area contributed by atoms with Crippen molar-refractivity contribution < 1.29 is 19.0 Å². The number of para-hydroxylation sites is 2. The number of fused-ring (bicyclic) bond motifs is 1. The minimum Gasteiger partial charge on any atom is -0.491 e. The Labute approximate surface area is 141 Å². The topological polar surface area (TPSA) is 56.8 Å². The predicted molar refractivity (Wildman–Crippen MR) is 90.8 cm³/mol. The summed E-state index contributed by atoms with van der Waals surface area (Å²) in [6.45, 7) is 5.07. The molecule has 5 heteroatoms. The van der Waals surface area contributed by atoms with E-state index in [0.717, 1.165) is 11.3 Å². The molecule has 1 atom stereocenters. The molecule has 3 rings (SSSR count). The normalized spacial score (nSPS) is 15.7. The maximum atomic E-state index is 12.2. The van der Waals surface area contributed by atoms with Gasteiger partial charge in [0.05, 0.1) is 6.54 Å². The average molecular weight is 327 g/mol. The standard InChI is InChI=1S/C19H21NO4/c1-13-7-8-15(14(2)11-13)22-10-9-20-19(21)18-12-23-16-5-3-4-6-17(16)24-18/h3-8,11,18H,9-10,12H2,1-2H3,(H,20,21)/t18-/m1/s1. The van der Waals surface area contributed by atoms with Crippen LogP contribution in [0, 0.1) is 13.8 Å². The number of carbonyl (C=O) groups excluding carboxylic acids is 1. The number of aryl methyl sites for hydroxylation is 2. The molecule has 0 aromatic heterocycles. The fourth-order valence-electron chi connectivity index (χ4n) is 2.56. The fraction of sp³-hybridized carbons (Fsp3) is 0.316. The van der Waals surface area contributed by atoms with Gasteiger partial charge < -0.3 is 19.5 Å².